The van der Waals surface area contributed by atoms with Crippen LogP contribution in [0, 0.1) is 23.0 Å². The van der Waals surface area contributed by atoms with Crippen LogP contribution >= 0.6 is 0 Å². The number of hydrogen-bond acceptors (Lipinski definition) is 4. The first-order valence-electron chi connectivity index (χ1n) is 7.40. The summed E-state index contributed by atoms with van der Waals surface area (Å²) in [7, 11) is 1.58. The van der Waals surface area contributed by atoms with Crippen molar-refractivity contribution in [2.45, 2.75) is 19.4 Å². The minimum Gasteiger partial charge on any atom is -0.436 e. The highest BCUT2D eigenvalue weighted by Crippen LogP contribution is 2.24. The first-order valence-corrected chi connectivity index (χ1v) is 7.40. The second-order valence-electron chi connectivity index (χ2n) is 5.31. The molecule has 0 fully saturated rings. The number of nitrogens with zero attached hydrogens (tertiary/aromatic N) is 3. The van der Waals surface area contributed by atoms with Crippen molar-refractivity contribution in [1.29, 1.82) is 5.26 Å². The van der Waals surface area contributed by atoms with Crippen LogP contribution in [0.25, 0.3) is 0 Å². The molecule has 0 bridgehead atoms. The van der Waals surface area contributed by atoms with Crippen molar-refractivity contribution in [3.05, 3.63) is 48.2 Å². The van der Waals surface area contributed by atoms with Crippen molar-refractivity contribution >= 4 is 11.7 Å². The summed E-state index contributed by atoms with van der Waals surface area (Å²) < 4.78 is 31.6. The highest BCUT2D eigenvalue weighted by atomic mass is 19.1. The van der Waals surface area contributed by atoms with Gasteiger partial charge < -0.3 is 15.0 Å². The number of carbonyl (C=O) groups is 1. The zero-order valence-corrected chi connectivity index (χ0v) is 13.7. The number of halogens is 2. The molecule has 0 radical (unpaired) electrons. The van der Waals surface area contributed by atoms with E-state index in [2.05, 4.69) is 10.3 Å². The first-order chi connectivity index (χ1) is 11.9. The van der Waals surface area contributed by atoms with Crippen LogP contribution in [0.2, 0.25) is 0 Å². The third-order valence-corrected chi connectivity index (χ3v) is 3.46. The van der Waals surface area contributed by atoms with Crippen LogP contribution in [0.4, 0.5) is 19.3 Å². The summed E-state index contributed by atoms with van der Waals surface area (Å²) in [5.74, 6) is -1.61. The molecule has 1 aromatic carbocycles. The molecule has 0 aliphatic heterocycles. The maximum atomic E-state index is 13.5. The van der Waals surface area contributed by atoms with Crippen LogP contribution in [-0.4, -0.2) is 29.0 Å². The van der Waals surface area contributed by atoms with E-state index in [-0.39, 0.29) is 30.1 Å². The molecule has 0 aliphatic carbocycles. The Morgan fingerprint density at radius 1 is 1.40 bits per heavy atom. The lowest BCUT2D eigenvalue weighted by Gasteiger charge is -2.23. The van der Waals surface area contributed by atoms with Crippen molar-refractivity contribution < 1.29 is 18.3 Å². The fourth-order valence-electron chi connectivity index (χ4n) is 1.87. The Hall–Kier alpha value is -3.21. The number of ether oxygens (including phenoxy) is 1. The molecule has 6 nitrogen and oxygen atoms in total. The lowest BCUT2D eigenvalue weighted by Crippen LogP contribution is -2.38. The van der Waals surface area contributed by atoms with E-state index in [1.807, 2.05) is 6.07 Å². The number of anilines is 1. The molecule has 1 heterocycles. The largest absolute Gasteiger partial charge is 0.436 e. The Morgan fingerprint density at radius 3 is 2.76 bits per heavy atom. The van der Waals surface area contributed by atoms with Gasteiger partial charge in [0.2, 0.25) is 5.88 Å². The van der Waals surface area contributed by atoms with Crippen LogP contribution in [0.15, 0.2) is 36.5 Å². The lowest BCUT2D eigenvalue weighted by molar-refractivity contribution is 0.208. The first kappa shape index (κ1) is 18.1. The maximum absolute atomic E-state index is 13.5. The van der Waals surface area contributed by atoms with E-state index in [9.17, 15) is 13.6 Å². The summed E-state index contributed by atoms with van der Waals surface area (Å²) in [4.78, 5) is 17.4. The van der Waals surface area contributed by atoms with Crippen molar-refractivity contribution in [2.75, 3.05) is 12.4 Å². The molecule has 0 aliphatic rings. The van der Waals surface area contributed by atoms with Crippen molar-refractivity contribution in [2.24, 2.45) is 0 Å². The maximum Gasteiger partial charge on any atom is 0.321 e. The highest BCUT2D eigenvalue weighted by Gasteiger charge is 2.15. The van der Waals surface area contributed by atoms with E-state index in [1.54, 1.807) is 14.0 Å². The third-order valence-electron chi connectivity index (χ3n) is 3.46. The second-order valence-corrected chi connectivity index (χ2v) is 5.31. The summed E-state index contributed by atoms with van der Waals surface area (Å²) >= 11 is 0. The van der Waals surface area contributed by atoms with Crippen LogP contribution in [0.1, 0.15) is 13.3 Å². The number of nitrogens with one attached hydrogen (secondary N) is 1. The molecule has 0 spiro atoms. The predicted molar refractivity (Wildman–Crippen MR) is 87.1 cm³/mol. The van der Waals surface area contributed by atoms with Gasteiger partial charge in [-0.25, -0.2) is 18.6 Å². The van der Waals surface area contributed by atoms with Gasteiger partial charge in [-0.05, 0) is 25.1 Å². The fraction of sp³-hybridized carbons (Fsp3) is 0.235. The zero-order chi connectivity index (χ0) is 18.4. The Bertz CT molecular complexity index is 790. The monoisotopic (exact) mass is 346 g/mol. The van der Waals surface area contributed by atoms with E-state index < -0.39 is 11.6 Å². The average molecular weight is 346 g/mol. The van der Waals surface area contributed by atoms with Crippen LogP contribution in [0.5, 0.6) is 11.6 Å². The summed E-state index contributed by atoms with van der Waals surface area (Å²) in [6.07, 6.45) is 1.57. The van der Waals surface area contributed by atoms with E-state index in [0.717, 1.165) is 12.1 Å². The quantitative estimate of drug-likeness (QED) is 0.890. The Morgan fingerprint density at radius 2 is 2.16 bits per heavy atom. The van der Waals surface area contributed by atoms with Crippen LogP contribution in [0.3, 0.4) is 0 Å². The fourth-order valence-corrected chi connectivity index (χ4v) is 1.87. The van der Waals surface area contributed by atoms with E-state index in [0.29, 0.717) is 11.8 Å². The molecule has 1 aromatic heterocycles. The summed E-state index contributed by atoms with van der Waals surface area (Å²) in [5.41, 5.74) is 0.410. The van der Waals surface area contributed by atoms with Crippen molar-refractivity contribution in [1.82, 2.24) is 9.88 Å². The number of nitriles is 1. The number of rotatable bonds is 5. The predicted octanol–water partition coefficient (Wildman–Crippen LogP) is 3.92. The molecule has 1 unspecified atom stereocenters. The number of carbonyl (C=O) groups excluding carboxylic acids is 1. The van der Waals surface area contributed by atoms with Gasteiger partial charge in [-0.1, -0.05) is 0 Å². The molecule has 2 rings (SSSR count). The van der Waals surface area contributed by atoms with Gasteiger partial charge in [0, 0.05) is 25.2 Å². The molecule has 2 amide bonds. The third kappa shape index (κ3) is 4.88. The number of aromatic nitrogens is 1. The molecule has 1 atom stereocenters. The smallest absolute Gasteiger partial charge is 0.321 e. The normalized spacial score (nSPS) is 11.3. The molecule has 25 heavy (non-hydrogen) atoms. The van der Waals surface area contributed by atoms with E-state index in [1.165, 1.54) is 23.2 Å². The lowest BCUT2D eigenvalue weighted by atomic mass is 10.2. The summed E-state index contributed by atoms with van der Waals surface area (Å²) in [6, 6.07) is 7.30. The molecule has 8 heteroatoms. The van der Waals surface area contributed by atoms with Crippen molar-refractivity contribution in [3.8, 4) is 17.7 Å². The molecule has 1 N–H and O–H groups in total. The van der Waals surface area contributed by atoms with Crippen LogP contribution in [-0.2, 0) is 0 Å². The zero-order valence-electron chi connectivity index (χ0n) is 13.7. The summed E-state index contributed by atoms with van der Waals surface area (Å²) in [5, 5.41) is 11.3. The molecule has 0 saturated carbocycles. The molecule has 2 aromatic rings. The average Bonchev–Trinajstić information content (AvgIpc) is 2.58. The topological polar surface area (TPSA) is 78.2 Å². The number of hydrogen-bond donors (Lipinski definition) is 1. The van der Waals surface area contributed by atoms with Crippen LogP contribution < -0.4 is 10.1 Å². The standard InChI is InChI=1S/C17H16F2N4O2/c1-11(7-8-20)23(2)17(24)22-13-4-6-16(21-10-13)25-15-5-3-12(18)9-14(15)19/h3-6,9-11H,7H2,1-2H3,(H,22,24). The van der Waals surface area contributed by atoms with Gasteiger partial charge >= 0.3 is 6.03 Å². The van der Waals surface area contributed by atoms with Gasteiger partial charge in [-0.2, -0.15) is 5.26 Å². The van der Waals surface area contributed by atoms with E-state index in [4.69, 9.17) is 10.00 Å². The van der Waals surface area contributed by atoms with Gasteiger partial charge in [0.25, 0.3) is 0 Å². The highest BCUT2D eigenvalue weighted by molar-refractivity contribution is 5.89. The summed E-state index contributed by atoms with van der Waals surface area (Å²) in [6.45, 7) is 1.76. The minimum absolute atomic E-state index is 0.0923. The van der Waals surface area contributed by atoms with Gasteiger partial charge in [0.05, 0.1) is 24.4 Å². The Balaban J connectivity index is 2.00. The molecular formula is C17H16F2N4O2. The minimum atomic E-state index is -0.840. The number of benzene rings is 1. The van der Waals surface area contributed by atoms with Gasteiger partial charge in [-0.3, -0.25) is 0 Å². The molecular weight excluding hydrogens is 330 g/mol. The Labute approximate surface area is 143 Å². The van der Waals surface area contributed by atoms with Gasteiger partial charge in [0.1, 0.15) is 5.82 Å². The van der Waals surface area contributed by atoms with Crippen molar-refractivity contribution in [3.63, 3.8) is 0 Å². The Kier molecular flexibility index (Phi) is 5.84. The van der Waals surface area contributed by atoms with Gasteiger partial charge in [0.15, 0.2) is 11.6 Å². The molecule has 130 valence electrons. The number of urea groups is 1. The number of pyridine rings is 1. The second kappa shape index (κ2) is 8.06. The molecule has 0 saturated heterocycles. The SMILES string of the molecule is CC(CC#N)N(C)C(=O)Nc1ccc(Oc2ccc(F)cc2F)nc1. The van der Waals surface area contributed by atoms with Gasteiger partial charge in [-0.15, -0.1) is 0 Å². The van der Waals surface area contributed by atoms with E-state index >= 15 is 0 Å². The number of amides is 2.